The van der Waals surface area contributed by atoms with E-state index in [4.69, 9.17) is 9.47 Å². The molecule has 0 radical (unpaired) electrons. The fourth-order valence-corrected chi connectivity index (χ4v) is 4.79. The Bertz CT molecular complexity index is 714. The quantitative estimate of drug-likeness (QED) is 0.865. The molecule has 0 spiro atoms. The Morgan fingerprint density at radius 3 is 2.68 bits per heavy atom. The minimum absolute atomic E-state index is 0.00123. The summed E-state index contributed by atoms with van der Waals surface area (Å²) in [6, 6.07) is 7.88. The first-order chi connectivity index (χ1) is 13.7. The standard InChI is InChI=1S/C22H30N2O4/c1-27-17-8-6-16(7-9-17)22(10-11-22)21(26)24-13-3-14-28-15-12-23-20(25)18-4-2-5-19(18)24/h6-9,18-19H,2-5,10-15H2,1H3,(H,23,25). The van der Waals surface area contributed by atoms with Crippen LogP contribution < -0.4 is 10.1 Å². The third-order valence-electron chi connectivity index (χ3n) is 6.51. The number of hydrogen-bond donors (Lipinski definition) is 1. The first-order valence-corrected chi connectivity index (χ1v) is 10.5. The Morgan fingerprint density at radius 2 is 1.96 bits per heavy atom. The van der Waals surface area contributed by atoms with Crippen molar-refractivity contribution in [2.45, 2.75) is 50.0 Å². The van der Waals surface area contributed by atoms with E-state index in [0.717, 1.165) is 49.8 Å². The van der Waals surface area contributed by atoms with Crippen LogP contribution in [0.2, 0.25) is 0 Å². The van der Waals surface area contributed by atoms with Crippen LogP contribution in [0.4, 0.5) is 0 Å². The smallest absolute Gasteiger partial charge is 0.233 e. The molecule has 6 nitrogen and oxygen atoms in total. The molecule has 1 aromatic rings. The number of methoxy groups -OCH3 is 1. The predicted octanol–water partition coefficient (Wildman–Crippen LogP) is 2.26. The molecule has 152 valence electrons. The maximum absolute atomic E-state index is 13.8. The summed E-state index contributed by atoms with van der Waals surface area (Å²) in [5, 5.41) is 2.99. The summed E-state index contributed by atoms with van der Waals surface area (Å²) in [6.07, 6.45) is 5.31. The predicted molar refractivity (Wildman–Crippen MR) is 105 cm³/mol. The number of fused-ring (bicyclic) bond motifs is 1. The lowest BCUT2D eigenvalue weighted by atomic mass is 9.91. The van der Waals surface area contributed by atoms with Gasteiger partial charge in [0.2, 0.25) is 11.8 Å². The van der Waals surface area contributed by atoms with Gasteiger partial charge in [-0.05, 0) is 49.8 Å². The van der Waals surface area contributed by atoms with Crippen LogP contribution in [0.3, 0.4) is 0 Å². The lowest BCUT2D eigenvalue weighted by Crippen LogP contribution is -2.50. The second kappa shape index (κ2) is 8.11. The molecule has 2 atom stereocenters. The number of carbonyl (C=O) groups excluding carboxylic acids is 2. The maximum Gasteiger partial charge on any atom is 0.233 e. The molecular weight excluding hydrogens is 356 g/mol. The molecule has 3 aliphatic rings. The maximum atomic E-state index is 13.8. The highest BCUT2D eigenvalue weighted by atomic mass is 16.5. The fraction of sp³-hybridized carbons (Fsp3) is 0.636. The minimum Gasteiger partial charge on any atom is -0.497 e. The number of hydrogen-bond acceptors (Lipinski definition) is 4. The number of amides is 2. The van der Waals surface area contributed by atoms with Gasteiger partial charge in [-0.25, -0.2) is 0 Å². The van der Waals surface area contributed by atoms with Crippen LogP contribution in [0.25, 0.3) is 0 Å². The molecule has 0 aromatic heterocycles. The molecule has 1 aromatic carbocycles. The van der Waals surface area contributed by atoms with Gasteiger partial charge in [0.05, 0.1) is 25.0 Å². The van der Waals surface area contributed by atoms with Crippen molar-refractivity contribution in [3.8, 4) is 5.75 Å². The number of benzene rings is 1. The van der Waals surface area contributed by atoms with Crippen LogP contribution in [0.1, 0.15) is 44.1 Å². The number of ether oxygens (including phenoxy) is 2. The zero-order chi connectivity index (χ0) is 19.6. The van der Waals surface area contributed by atoms with Crippen LogP contribution in [-0.4, -0.2) is 56.2 Å². The average Bonchev–Trinajstić information content (AvgIpc) is 3.40. The first kappa shape index (κ1) is 19.2. The summed E-state index contributed by atoms with van der Waals surface area (Å²) in [4.78, 5) is 28.5. The molecule has 1 heterocycles. The normalized spacial score (nSPS) is 27.3. The van der Waals surface area contributed by atoms with E-state index >= 15 is 0 Å². The topological polar surface area (TPSA) is 67.9 Å². The Balaban J connectivity index is 1.59. The van der Waals surface area contributed by atoms with E-state index < -0.39 is 5.41 Å². The molecular formula is C22H30N2O4. The third kappa shape index (κ3) is 3.62. The molecule has 3 fully saturated rings. The zero-order valence-electron chi connectivity index (χ0n) is 16.6. The number of nitrogens with zero attached hydrogens (tertiary/aromatic N) is 1. The fourth-order valence-electron chi connectivity index (χ4n) is 4.79. The molecule has 0 bridgehead atoms. The van der Waals surface area contributed by atoms with Crippen molar-refractivity contribution in [1.82, 2.24) is 10.2 Å². The minimum atomic E-state index is -0.434. The van der Waals surface area contributed by atoms with Crippen LogP contribution in [0.15, 0.2) is 24.3 Å². The van der Waals surface area contributed by atoms with E-state index in [2.05, 4.69) is 5.32 Å². The van der Waals surface area contributed by atoms with Crippen molar-refractivity contribution < 1.29 is 19.1 Å². The molecule has 1 N–H and O–H groups in total. The summed E-state index contributed by atoms with van der Waals surface area (Å²) < 4.78 is 10.9. The second-order valence-corrected chi connectivity index (χ2v) is 8.17. The highest BCUT2D eigenvalue weighted by Crippen LogP contribution is 2.51. The van der Waals surface area contributed by atoms with Gasteiger partial charge < -0.3 is 19.7 Å². The summed E-state index contributed by atoms with van der Waals surface area (Å²) >= 11 is 0. The lowest BCUT2D eigenvalue weighted by molar-refractivity contribution is -0.139. The van der Waals surface area contributed by atoms with Crippen molar-refractivity contribution in [3.63, 3.8) is 0 Å². The highest BCUT2D eigenvalue weighted by molar-refractivity contribution is 5.92. The number of carbonyl (C=O) groups is 2. The SMILES string of the molecule is COc1ccc(C2(C(=O)N3CCCOCCNC(=O)C4CCCC43)CC2)cc1. The Labute approximate surface area is 166 Å². The van der Waals surface area contributed by atoms with Crippen molar-refractivity contribution >= 4 is 11.8 Å². The van der Waals surface area contributed by atoms with E-state index in [0.29, 0.717) is 26.3 Å². The van der Waals surface area contributed by atoms with Crippen LogP contribution in [0, 0.1) is 5.92 Å². The molecule has 28 heavy (non-hydrogen) atoms. The summed E-state index contributed by atoms with van der Waals surface area (Å²) in [5.74, 6) is 0.947. The van der Waals surface area contributed by atoms with Crippen LogP contribution in [0.5, 0.6) is 5.75 Å². The molecule has 2 aliphatic carbocycles. The second-order valence-electron chi connectivity index (χ2n) is 8.17. The van der Waals surface area contributed by atoms with E-state index in [9.17, 15) is 9.59 Å². The average molecular weight is 386 g/mol. The van der Waals surface area contributed by atoms with E-state index in [1.807, 2.05) is 29.2 Å². The van der Waals surface area contributed by atoms with Gasteiger partial charge in [0, 0.05) is 25.7 Å². The molecule has 1 aliphatic heterocycles. The van der Waals surface area contributed by atoms with Gasteiger partial charge in [-0.2, -0.15) is 0 Å². The number of rotatable bonds is 3. The largest absolute Gasteiger partial charge is 0.497 e. The van der Waals surface area contributed by atoms with Crippen molar-refractivity contribution in [2.24, 2.45) is 5.92 Å². The third-order valence-corrected chi connectivity index (χ3v) is 6.51. The lowest BCUT2D eigenvalue weighted by Gasteiger charge is -2.35. The Morgan fingerprint density at radius 1 is 1.18 bits per heavy atom. The van der Waals surface area contributed by atoms with Crippen molar-refractivity contribution in [3.05, 3.63) is 29.8 Å². The van der Waals surface area contributed by atoms with Gasteiger partial charge >= 0.3 is 0 Å². The molecule has 2 amide bonds. The van der Waals surface area contributed by atoms with Crippen LogP contribution >= 0.6 is 0 Å². The molecule has 1 saturated heterocycles. The van der Waals surface area contributed by atoms with Crippen molar-refractivity contribution in [1.29, 1.82) is 0 Å². The van der Waals surface area contributed by atoms with Gasteiger partial charge in [-0.3, -0.25) is 9.59 Å². The summed E-state index contributed by atoms with van der Waals surface area (Å²) in [6.45, 7) is 2.36. The van der Waals surface area contributed by atoms with Crippen molar-refractivity contribution in [2.75, 3.05) is 33.4 Å². The van der Waals surface area contributed by atoms with Gasteiger partial charge in [-0.15, -0.1) is 0 Å². The van der Waals surface area contributed by atoms with Gasteiger partial charge in [-0.1, -0.05) is 18.6 Å². The van der Waals surface area contributed by atoms with E-state index in [-0.39, 0.29) is 23.8 Å². The number of nitrogens with one attached hydrogen (secondary N) is 1. The van der Waals surface area contributed by atoms with E-state index in [1.54, 1.807) is 7.11 Å². The summed E-state index contributed by atoms with van der Waals surface area (Å²) in [7, 11) is 1.65. The van der Waals surface area contributed by atoms with Gasteiger partial charge in [0.15, 0.2) is 0 Å². The van der Waals surface area contributed by atoms with Gasteiger partial charge in [0.1, 0.15) is 5.75 Å². The van der Waals surface area contributed by atoms with E-state index in [1.165, 1.54) is 0 Å². The van der Waals surface area contributed by atoms with Crippen LogP contribution in [-0.2, 0) is 19.7 Å². The Hall–Kier alpha value is -2.08. The first-order valence-electron chi connectivity index (χ1n) is 10.5. The molecule has 2 saturated carbocycles. The molecule has 4 rings (SSSR count). The zero-order valence-corrected chi connectivity index (χ0v) is 16.6. The summed E-state index contributed by atoms with van der Waals surface area (Å²) in [5.41, 5.74) is 0.625. The Kier molecular flexibility index (Phi) is 5.58. The highest BCUT2D eigenvalue weighted by Gasteiger charge is 2.55. The molecule has 2 unspecified atom stereocenters. The molecule has 6 heteroatoms. The monoisotopic (exact) mass is 386 g/mol. The van der Waals surface area contributed by atoms with Gasteiger partial charge in [0.25, 0.3) is 0 Å².